The molecule has 2 aliphatic carbocycles. The first kappa shape index (κ1) is 19.0. The Kier molecular flexibility index (Phi) is 3.54. The number of rotatable bonds is 1. The minimum atomic E-state index is -0.149. The van der Waals surface area contributed by atoms with Crippen LogP contribution in [0.4, 0.5) is 0 Å². The summed E-state index contributed by atoms with van der Waals surface area (Å²) in [5.41, 5.74) is 6.46. The maximum atomic E-state index is 11.4. The van der Waals surface area contributed by atoms with E-state index in [4.69, 9.17) is 9.47 Å². The average molecular weight is 415 g/mol. The van der Waals surface area contributed by atoms with Gasteiger partial charge in [-0.3, -0.25) is 0 Å². The van der Waals surface area contributed by atoms with Gasteiger partial charge in [-0.05, 0) is 58.1 Å². The summed E-state index contributed by atoms with van der Waals surface area (Å²) in [6.45, 7) is 10.3. The van der Waals surface area contributed by atoms with Crippen molar-refractivity contribution < 1.29 is 14.6 Å². The van der Waals surface area contributed by atoms with Crippen molar-refractivity contribution in [3.8, 4) is 28.4 Å². The van der Waals surface area contributed by atoms with Gasteiger partial charge in [-0.2, -0.15) is 0 Å². The molecular formula is C28H30O3. The Morgan fingerprint density at radius 1 is 0.968 bits per heavy atom. The third-order valence-electron chi connectivity index (χ3n) is 8.65. The Morgan fingerprint density at radius 3 is 2.39 bits per heavy atom. The van der Waals surface area contributed by atoms with Gasteiger partial charge >= 0.3 is 0 Å². The van der Waals surface area contributed by atoms with Crippen molar-refractivity contribution in [3.05, 3.63) is 53.1 Å². The van der Waals surface area contributed by atoms with Crippen molar-refractivity contribution in [2.45, 2.75) is 52.4 Å². The third kappa shape index (κ3) is 2.01. The van der Waals surface area contributed by atoms with Crippen LogP contribution in [0.3, 0.4) is 0 Å². The predicted molar refractivity (Wildman–Crippen MR) is 124 cm³/mol. The van der Waals surface area contributed by atoms with E-state index in [1.54, 1.807) is 7.11 Å². The summed E-state index contributed by atoms with van der Waals surface area (Å²) in [4.78, 5) is 0. The van der Waals surface area contributed by atoms with Crippen LogP contribution in [0.2, 0.25) is 0 Å². The average Bonchev–Trinajstić information content (AvgIpc) is 3.38. The summed E-state index contributed by atoms with van der Waals surface area (Å²) in [6, 6.07) is 12.9. The van der Waals surface area contributed by atoms with Crippen LogP contribution >= 0.6 is 0 Å². The molecule has 1 spiro atoms. The first-order valence-corrected chi connectivity index (χ1v) is 11.4. The first-order valence-electron chi connectivity index (χ1n) is 11.4. The van der Waals surface area contributed by atoms with Crippen LogP contribution in [-0.4, -0.2) is 18.8 Å². The van der Waals surface area contributed by atoms with E-state index in [1.165, 1.54) is 27.8 Å². The fourth-order valence-corrected chi connectivity index (χ4v) is 7.53. The van der Waals surface area contributed by atoms with Gasteiger partial charge < -0.3 is 14.6 Å². The van der Waals surface area contributed by atoms with Gasteiger partial charge in [-0.25, -0.2) is 0 Å². The Labute approximate surface area is 184 Å². The molecule has 0 bridgehead atoms. The molecule has 1 saturated carbocycles. The fraction of sp³-hybridized carbons (Fsp3) is 0.429. The molecule has 6 rings (SSSR count). The van der Waals surface area contributed by atoms with Gasteiger partial charge in [0.15, 0.2) is 11.5 Å². The van der Waals surface area contributed by atoms with E-state index in [9.17, 15) is 5.11 Å². The number of ether oxygens (including phenoxy) is 2. The zero-order valence-electron chi connectivity index (χ0n) is 19.1. The quantitative estimate of drug-likeness (QED) is 0.487. The van der Waals surface area contributed by atoms with Crippen molar-refractivity contribution in [1.29, 1.82) is 0 Å². The van der Waals surface area contributed by atoms with Crippen LogP contribution < -0.4 is 9.47 Å². The van der Waals surface area contributed by atoms with Gasteiger partial charge in [0.1, 0.15) is 5.75 Å². The second kappa shape index (κ2) is 5.76. The lowest BCUT2D eigenvalue weighted by molar-refractivity contribution is 0.150. The van der Waals surface area contributed by atoms with E-state index < -0.39 is 0 Å². The lowest BCUT2D eigenvalue weighted by Crippen LogP contribution is -2.46. The number of phenols is 1. The smallest absolute Gasteiger partial charge is 0.165 e. The highest BCUT2D eigenvalue weighted by Crippen LogP contribution is 2.72. The van der Waals surface area contributed by atoms with E-state index in [0.29, 0.717) is 18.1 Å². The molecule has 0 aromatic heterocycles. The molecule has 1 heterocycles. The van der Waals surface area contributed by atoms with Crippen LogP contribution in [0, 0.1) is 10.8 Å². The number of methoxy groups -OCH3 is 1. The number of fused-ring (bicyclic) bond motifs is 9. The highest BCUT2D eigenvalue weighted by molar-refractivity contribution is 6.09. The monoisotopic (exact) mass is 414 g/mol. The SMILES string of the molecule is COc1cc2c(O)cc3c(c2c2c1OCC2)-c1ccccc1C31C(C)(C)CCC1(C)C. The zero-order valence-corrected chi connectivity index (χ0v) is 19.1. The van der Waals surface area contributed by atoms with Gasteiger partial charge in [-0.1, -0.05) is 52.0 Å². The summed E-state index contributed by atoms with van der Waals surface area (Å²) in [5, 5.41) is 13.4. The number of hydrogen-bond acceptors (Lipinski definition) is 3. The van der Waals surface area contributed by atoms with Gasteiger partial charge in [0, 0.05) is 28.2 Å². The Bertz CT molecular complexity index is 1250. The van der Waals surface area contributed by atoms with Crippen LogP contribution in [-0.2, 0) is 11.8 Å². The number of phenolic OH excluding ortho intramolecular Hbond substituents is 1. The molecular weight excluding hydrogens is 384 g/mol. The molecule has 3 nitrogen and oxygen atoms in total. The van der Waals surface area contributed by atoms with Crippen LogP contribution in [0.25, 0.3) is 21.9 Å². The molecule has 1 fully saturated rings. The third-order valence-corrected chi connectivity index (χ3v) is 8.65. The molecule has 1 aliphatic heterocycles. The molecule has 0 saturated heterocycles. The van der Waals surface area contributed by atoms with E-state index in [1.807, 2.05) is 6.07 Å². The van der Waals surface area contributed by atoms with Gasteiger partial charge in [0.2, 0.25) is 0 Å². The molecule has 31 heavy (non-hydrogen) atoms. The molecule has 3 aromatic carbocycles. The van der Waals surface area contributed by atoms with Crippen LogP contribution in [0.15, 0.2) is 36.4 Å². The molecule has 3 aliphatic rings. The second-order valence-electron chi connectivity index (χ2n) is 10.8. The van der Waals surface area contributed by atoms with E-state index >= 15 is 0 Å². The zero-order chi connectivity index (χ0) is 21.8. The minimum absolute atomic E-state index is 0.0735. The molecule has 160 valence electrons. The van der Waals surface area contributed by atoms with Crippen LogP contribution in [0.1, 0.15) is 57.2 Å². The Morgan fingerprint density at radius 2 is 1.68 bits per heavy atom. The topological polar surface area (TPSA) is 38.7 Å². The normalized spacial score (nSPS) is 21.1. The summed E-state index contributed by atoms with van der Waals surface area (Å²) in [5.74, 6) is 1.89. The molecule has 1 N–H and O–H groups in total. The van der Waals surface area contributed by atoms with E-state index in [0.717, 1.165) is 35.8 Å². The van der Waals surface area contributed by atoms with Crippen molar-refractivity contribution in [2.75, 3.05) is 13.7 Å². The van der Waals surface area contributed by atoms with Crippen molar-refractivity contribution >= 4 is 10.8 Å². The first-order chi connectivity index (χ1) is 14.7. The number of aromatic hydroxyl groups is 1. The summed E-state index contributed by atoms with van der Waals surface area (Å²) < 4.78 is 11.6. The maximum absolute atomic E-state index is 11.4. The van der Waals surface area contributed by atoms with Crippen molar-refractivity contribution in [3.63, 3.8) is 0 Å². The van der Waals surface area contributed by atoms with Crippen molar-refractivity contribution in [2.24, 2.45) is 10.8 Å². The standard InChI is InChI=1S/C28H30O3/c1-26(2)11-12-27(3,4)28(26)19-9-7-6-8-16(19)24-20(28)15-21(29)18-14-22(30-5)25-17(23(18)24)10-13-31-25/h6-9,14-15,29H,10-13H2,1-5H3. The molecule has 3 heteroatoms. The number of hydrogen-bond donors (Lipinski definition) is 1. The van der Waals surface area contributed by atoms with E-state index in [2.05, 4.69) is 58.0 Å². The number of benzene rings is 3. The molecule has 0 amide bonds. The Hall–Kier alpha value is -2.68. The van der Waals surface area contributed by atoms with Crippen LogP contribution in [0.5, 0.6) is 17.2 Å². The lowest BCUT2D eigenvalue weighted by atomic mass is 9.54. The molecule has 0 atom stereocenters. The van der Waals surface area contributed by atoms with Gasteiger partial charge in [-0.15, -0.1) is 0 Å². The van der Waals surface area contributed by atoms with Crippen molar-refractivity contribution in [1.82, 2.24) is 0 Å². The van der Waals surface area contributed by atoms with E-state index in [-0.39, 0.29) is 16.2 Å². The summed E-state index contributed by atoms with van der Waals surface area (Å²) in [7, 11) is 1.67. The lowest BCUT2D eigenvalue weighted by Gasteiger charge is -2.49. The highest BCUT2D eigenvalue weighted by atomic mass is 16.5. The van der Waals surface area contributed by atoms with Gasteiger partial charge in [0.05, 0.1) is 13.7 Å². The Balaban J connectivity index is 1.86. The summed E-state index contributed by atoms with van der Waals surface area (Å²) >= 11 is 0. The second-order valence-corrected chi connectivity index (χ2v) is 10.8. The molecule has 3 aromatic rings. The predicted octanol–water partition coefficient (Wildman–Crippen LogP) is 6.60. The maximum Gasteiger partial charge on any atom is 0.165 e. The fourth-order valence-electron chi connectivity index (χ4n) is 7.53. The minimum Gasteiger partial charge on any atom is -0.507 e. The molecule has 0 radical (unpaired) electrons. The summed E-state index contributed by atoms with van der Waals surface area (Å²) in [6.07, 6.45) is 3.16. The highest BCUT2D eigenvalue weighted by Gasteiger charge is 2.64. The van der Waals surface area contributed by atoms with Gasteiger partial charge in [0.25, 0.3) is 0 Å². The molecule has 0 unspecified atom stereocenters. The largest absolute Gasteiger partial charge is 0.507 e.